The fraction of sp³-hybridized carbons (Fsp3) is 0.500. The maximum absolute atomic E-state index is 12.2. The van der Waals surface area contributed by atoms with Gasteiger partial charge in [0, 0.05) is 41.5 Å². The molecule has 4 aliphatic heterocycles. The van der Waals surface area contributed by atoms with Gasteiger partial charge in [-0.25, -0.2) is 9.97 Å². The van der Waals surface area contributed by atoms with Crippen LogP contribution in [-0.4, -0.2) is 55.4 Å². The van der Waals surface area contributed by atoms with E-state index in [9.17, 15) is 4.79 Å². The molecule has 0 spiro atoms. The first-order valence-electron chi connectivity index (χ1n) is 9.80. The number of thioether (sulfide) groups is 1. The molecule has 4 saturated heterocycles. The van der Waals surface area contributed by atoms with Crippen molar-refractivity contribution < 1.29 is 4.79 Å². The number of fused-ring (bicyclic) bond motifs is 4. The summed E-state index contributed by atoms with van der Waals surface area (Å²) in [5, 5.41) is 7.29. The summed E-state index contributed by atoms with van der Waals surface area (Å²) in [7, 11) is 0. The molecule has 2 aromatic heterocycles. The van der Waals surface area contributed by atoms with Crippen LogP contribution in [0.1, 0.15) is 36.7 Å². The van der Waals surface area contributed by atoms with E-state index in [0.29, 0.717) is 23.7 Å². The van der Waals surface area contributed by atoms with Gasteiger partial charge in [0.05, 0.1) is 11.1 Å². The van der Waals surface area contributed by atoms with Gasteiger partial charge in [0.1, 0.15) is 5.52 Å². The van der Waals surface area contributed by atoms with Crippen molar-refractivity contribution in [1.82, 2.24) is 24.6 Å². The van der Waals surface area contributed by atoms with E-state index in [-0.39, 0.29) is 5.54 Å². The van der Waals surface area contributed by atoms with Gasteiger partial charge in [-0.3, -0.25) is 14.4 Å². The Bertz CT molecular complexity index is 1150. The quantitative estimate of drug-likeness (QED) is 0.542. The Morgan fingerprint density at radius 2 is 2.21 bits per heavy atom. The van der Waals surface area contributed by atoms with Gasteiger partial charge in [-0.2, -0.15) is 5.10 Å². The molecule has 3 aromatic rings. The molecule has 4 bridgehead atoms. The Labute approximate surface area is 166 Å². The van der Waals surface area contributed by atoms with Crippen LogP contribution in [0.2, 0.25) is 0 Å². The third-order valence-electron chi connectivity index (χ3n) is 7.28. The first kappa shape index (κ1) is 16.7. The van der Waals surface area contributed by atoms with E-state index in [4.69, 9.17) is 15.8 Å². The normalized spacial score (nSPS) is 33.4. The van der Waals surface area contributed by atoms with Crippen molar-refractivity contribution in [3.05, 3.63) is 24.0 Å². The van der Waals surface area contributed by atoms with Crippen LogP contribution in [0, 0.1) is 5.92 Å². The summed E-state index contributed by atoms with van der Waals surface area (Å²) in [5.41, 5.74) is 7.70. The summed E-state index contributed by atoms with van der Waals surface area (Å²) >= 11 is 1.51. The van der Waals surface area contributed by atoms with Crippen molar-refractivity contribution in [2.75, 3.05) is 12.8 Å². The molecule has 0 saturated carbocycles. The van der Waals surface area contributed by atoms with Crippen molar-refractivity contribution in [3.63, 3.8) is 0 Å². The molecule has 7 nitrogen and oxygen atoms in total. The number of benzene rings is 1. The molecule has 5 atom stereocenters. The van der Waals surface area contributed by atoms with E-state index in [1.807, 2.05) is 24.6 Å². The highest BCUT2D eigenvalue weighted by Gasteiger charge is 2.61. The monoisotopic (exact) mass is 394 g/mol. The summed E-state index contributed by atoms with van der Waals surface area (Å²) < 4.78 is 2.11. The lowest BCUT2D eigenvalue weighted by molar-refractivity contribution is -0.110. The average molecular weight is 395 g/mol. The molecule has 1 amide bonds. The SMILES string of the molecule is CSc1ncc2ccc3c(C(N)=O)nn([C@]4(C)CC5CCC6C4CN56)c3c2n1. The number of hydrogen-bond acceptors (Lipinski definition) is 6. The highest BCUT2D eigenvalue weighted by molar-refractivity contribution is 7.98. The third-order valence-corrected chi connectivity index (χ3v) is 7.84. The Balaban J connectivity index is 1.68. The van der Waals surface area contributed by atoms with E-state index in [1.165, 1.54) is 24.6 Å². The zero-order chi connectivity index (χ0) is 19.2. The minimum absolute atomic E-state index is 0.134. The molecule has 7 rings (SSSR count). The first-order chi connectivity index (χ1) is 13.5. The van der Waals surface area contributed by atoms with E-state index in [2.05, 4.69) is 21.5 Å². The zero-order valence-corrected chi connectivity index (χ0v) is 16.7. The van der Waals surface area contributed by atoms with Crippen LogP contribution in [0.4, 0.5) is 0 Å². The van der Waals surface area contributed by atoms with Crippen LogP contribution in [0.25, 0.3) is 21.8 Å². The fourth-order valence-electron chi connectivity index (χ4n) is 5.92. The van der Waals surface area contributed by atoms with E-state index >= 15 is 0 Å². The summed E-state index contributed by atoms with van der Waals surface area (Å²) in [4.78, 5) is 24.1. The first-order valence-corrected chi connectivity index (χ1v) is 11.0. The van der Waals surface area contributed by atoms with Crippen LogP contribution in [0.5, 0.6) is 0 Å². The Hall–Kier alpha value is -2.19. The minimum Gasteiger partial charge on any atom is -0.364 e. The van der Waals surface area contributed by atoms with Gasteiger partial charge in [-0.05, 0) is 38.5 Å². The van der Waals surface area contributed by atoms with Gasteiger partial charge in [0.25, 0.3) is 5.91 Å². The van der Waals surface area contributed by atoms with Gasteiger partial charge in [0.15, 0.2) is 10.9 Å². The molecule has 6 heterocycles. The van der Waals surface area contributed by atoms with Crippen molar-refractivity contribution in [1.29, 1.82) is 0 Å². The van der Waals surface area contributed by atoms with Gasteiger partial charge in [-0.1, -0.05) is 17.8 Å². The number of aromatic nitrogens is 4. The van der Waals surface area contributed by atoms with Crippen LogP contribution in [0.3, 0.4) is 0 Å². The lowest BCUT2D eigenvalue weighted by Gasteiger charge is -2.60. The van der Waals surface area contributed by atoms with Gasteiger partial charge < -0.3 is 5.73 Å². The highest BCUT2D eigenvalue weighted by Crippen LogP contribution is 2.55. The predicted octanol–water partition coefficient (Wildman–Crippen LogP) is 2.38. The lowest BCUT2D eigenvalue weighted by Crippen LogP contribution is -2.69. The molecule has 4 fully saturated rings. The number of hydrogen-bond donors (Lipinski definition) is 1. The minimum atomic E-state index is -0.486. The smallest absolute Gasteiger partial charge is 0.269 e. The van der Waals surface area contributed by atoms with Gasteiger partial charge in [-0.15, -0.1) is 0 Å². The largest absolute Gasteiger partial charge is 0.364 e. The molecule has 4 aliphatic rings. The second-order valence-corrected chi connectivity index (χ2v) is 9.32. The summed E-state index contributed by atoms with van der Waals surface area (Å²) in [6.07, 6.45) is 7.41. The molecular formula is C20H22N6OS. The second-order valence-electron chi connectivity index (χ2n) is 8.54. The summed E-state index contributed by atoms with van der Waals surface area (Å²) in [6.45, 7) is 3.43. The van der Waals surface area contributed by atoms with Crippen molar-refractivity contribution in [3.8, 4) is 0 Å². The summed E-state index contributed by atoms with van der Waals surface area (Å²) in [5.74, 6) is 0.0621. The average Bonchev–Trinajstić information content (AvgIpc) is 3.17. The molecule has 0 aliphatic carbocycles. The third kappa shape index (κ3) is 1.94. The molecular weight excluding hydrogens is 372 g/mol. The Morgan fingerprint density at radius 3 is 2.96 bits per heavy atom. The number of rotatable bonds is 3. The fourth-order valence-corrected chi connectivity index (χ4v) is 6.26. The number of carbonyl (C=O) groups excluding carboxylic acids is 1. The molecule has 0 radical (unpaired) electrons. The lowest BCUT2D eigenvalue weighted by atomic mass is 9.68. The standard InChI is InChI=1S/C20H22N6OS/c1-20(7-11-4-6-14-13(20)9-25(11)14)26-17-12(16(24-26)18(21)27)5-3-10-8-22-19(28-2)23-15(10)17/h3,5,8,11,13-14H,4,6-7,9H2,1-2H3,(H2,21,27)/t11?,13?,14?,20-/m1/s1. The predicted molar refractivity (Wildman–Crippen MR) is 108 cm³/mol. The zero-order valence-electron chi connectivity index (χ0n) is 15.9. The number of carbonyl (C=O) groups is 1. The Morgan fingerprint density at radius 1 is 1.36 bits per heavy atom. The number of primary amides is 1. The van der Waals surface area contributed by atoms with Gasteiger partial charge in [0.2, 0.25) is 0 Å². The topological polar surface area (TPSA) is 89.9 Å². The maximum Gasteiger partial charge on any atom is 0.269 e. The van der Waals surface area contributed by atoms with E-state index < -0.39 is 5.91 Å². The summed E-state index contributed by atoms with van der Waals surface area (Å²) in [6, 6.07) is 5.16. The van der Waals surface area contributed by atoms with Crippen LogP contribution in [-0.2, 0) is 5.54 Å². The van der Waals surface area contributed by atoms with Crippen molar-refractivity contribution in [2.45, 2.75) is 49.0 Å². The Kier molecular flexibility index (Phi) is 3.26. The van der Waals surface area contributed by atoms with Gasteiger partial charge >= 0.3 is 0 Å². The van der Waals surface area contributed by atoms with Crippen molar-refractivity contribution >= 4 is 39.5 Å². The van der Waals surface area contributed by atoms with Crippen LogP contribution < -0.4 is 5.73 Å². The van der Waals surface area contributed by atoms with Crippen molar-refractivity contribution in [2.24, 2.45) is 11.7 Å². The molecule has 1 aromatic carbocycles. The number of nitrogens with zero attached hydrogens (tertiary/aromatic N) is 5. The van der Waals surface area contributed by atoms with Crippen LogP contribution in [0.15, 0.2) is 23.5 Å². The molecule has 144 valence electrons. The molecule has 4 unspecified atom stereocenters. The van der Waals surface area contributed by atoms with E-state index in [0.717, 1.165) is 39.9 Å². The number of piperidine rings is 2. The maximum atomic E-state index is 12.2. The molecule has 2 N–H and O–H groups in total. The number of nitrogens with two attached hydrogens (primary N) is 1. The highest BCUT2D eigenvalue weighted by atomic mass is 32.2. The van der Waals surface area contributed by atoms with Crippen LogP contribution >= 0.6 is 11.8 Å². The second kappa shape index (κ2) is 5.45. The van der Waals surface area contributed by atoms with E-state index in [1.54, 1.807) is 0 Å². The number of amides is 1. The molecule has 28 heavy (non-hydrogen) atoms. The molecule has 8 heteroatoms.